The van der Waals surface area contributed by atoms with Crippen molar-refractivity contribution in [1.29, 1.82) is 0 Å². The lowest BCUT2D eigenvalue weighted by Crippen LogP contribution is -2.25. The lowest BCUT2D eigenvalue weighted by Gasteiger charge is -2.19. The third-order valence-corrected chi connectivity index (χ3v) is 1.02. The summed E-state index contributed by atoms with van der Waals surface area (Å²) in [5, 5.41) is 0. The minimum atomic E-state index is -0.546. The first-order valence-electron chi connectivity index (χ1n) is 2.80. The Balaban J connectivity index is 3.70. The van der Waals surface area contributed by atoms with Crippen LogP contribution in [0.1, 0.15) is 0 Å². The molecule has 10 heavy (non-hydrogen) atoms. The van der Waals surface area contributed by atoms with E-state index in [4.69, 9.17) is 18.9 Å². The molecule has 0 atom stereocenters. The molecule has 1 radical (unpaired) electrons. The van der Waals surface area contributed by atoms with Gasteiger partial charge in [-0.15, -0.1) is 0 Å². The molecule has 0 unspecified atom stereocenters. The van der Waals surface area contributed by atoms with Crippen molar-refractivity contribution < 1.29 is 18.9 Å². The Hall–Kier alpha value is -0.160. The van der Waals surface area contributed by atoms with E-state index in [1.165, 1.54) is 28.4 Å². The van der Waals surface area contributed by atoms with Crippen LogP contribution >= 0.6 is 0 Å². The predicted octanol–water partition coefficient (Wildman–Crippen LogP) is 0.388. The van der Waals surface area contributed by atoms with Crippen LogP contribution in [0.25, 0.3) is 0 Å². The fourth-order valence-corrected chi connectivity index (χ4v) is 0.564. The van der Waals surface area contributed by atoms with Crippen molar-refractivity contribution in [2.75, 3.05) is 28.4 Å². The van der Waals surface area contributed by atoms with E-state index in [9.17, 15) is 0 Å². The molecule has 0 aromatic rings. The fourth-order valence-electron chi connectivity index (χ4n) is 0.564. The molecule has 0 heterocycles. The maximum Gasteiger partial charge on any atom is 0.281 e. The lowest BCUT2D eigenvalue weighted by molar-refractivity contribution is -0.187. The van der Waals surface area contributed by atoms with Gasteiger partial charge in [-0.25, -0.2) is 0 Å². The first kappa shape index (κ1) is 9.84. The molecular formula is C6H13O4. The van der Waals surface area contributed by atoms with Crippen LogP contribution in [-0.2, 0) is 18.9 Å². The molecule has 0 bridgehead atoms. The Kier molecular flexibility index (Phi) is 5.52. The highest BCUT2D eigenvalue weighted by Crippen LogP contribution is 2.11. The topological polar surface area (TPSA) is 36.9 Å². The largest absolute Gasteiger partial charge is 0.351 e. The van der Waals surface area contributed by atoms with Crippen LogP contribution in [0, 0.1) is 6.29 Å². The first-order valence-corrected chi connectivity index (χ1v) is 2.80. The molecule has 0 amide bonds. The summed E-state index contributed by atoms with van der Waals surface area (Å²) < 4.78 is 19.2. The molecule has 0 aliphatic rings. The summed E-state index contributed by atoms with van der Waals surface area (Å²) in [6.45, 7) is 0. The molecule has 4 heteroatoms. The fraction of sp³-hybridized carbons (Fsp3) is 0.833. The summed E-state index contributed by atoms with van der Waals surface area (Å²) in [4.78, 5) is 0. The molecule has 0 fully saturated rings. The van der Waals surface area contributed by atoms with Gasteiger partial charge in [0.1, 0.15) is 0 Å². The van der Waals surface area contributed by atoms with Gasteiger partial charge >= 0.3 is 0 Å². The highest BCUT2D eigenvalue weighted by atomic mass is 16.8. The zero-order valence-electron chi connectivity index (χ0n) is 6.71. The average Bonchev–Trinajstić information content (AvgIpc) is 2.00. The Bertz CT molecular complexity index is 58.1. The molecule has 0 saturated carbocycles. The normalized spacial score (nSPS) is 11.4. The van der Waals surface area contributed by atoms with Gasteiger partial charge in [0.2, 0.25) is 6.29 Å². The van der Waals surface area contributed by atoms with Crippen molar-refractivity contribution in [3.63, 3.8) is 0 Å². The van der Waals surface area contributed by atoms with Crippen molar-refractivity contribution in [3.05, 3.63) is 6.29 Å². The zero-order valence-corrected chi connectivity index (χ0v) is 6.71. The molecule has 0 aliphatic carbocycles. The van der Waals surface area contributed by atoms with E-state index >= 15 is 0 Å². The first-order chi connectivity index (χ1) is 4.79. The quantitative estimate of drug-likeness (QED) is 0.530. The highest BCUT2D eigenvalue weighted by molar-refractivity contribution is 4.67. The Morgan fingerprint density at radius 3 is 1.40 bits per heavy atom. The van der Waals surface area contributed by atoms with Crippen molar-refractivity contribution >= 4 is 0 Å². The highest BCUT2D eigenvalue weighted by Gasteiger charge is 2.21. The second kappa shape index (κ2) is 5.61. The number of hydrogen-bond donors (Lipinski definition) is 0. The SMILES string of the molecule is CO[C](OC)C(OC)OC. The summed E-state index contributed by atoms with van der Waals surface area (Å²) in [5.41, 5.74) is 0. The smallest absolute Gasteiger partial charge is 0.281 e. The zero-order chi connectivity index (χ0) is 7.98. The Morgan fingerprint density at radius 1 is 0.900 bits per heavy atom. The standard InChI is InChI=1S/C6H13O4/c1-7-5(8-2)6(9-3)10-4/h5H,1-4H3. The third-order valence-electron chi connectivity index (χ3n) is 1.02. The molecule has 0 aliphatic heterocycles. The van der Waals surface area contributed by atoms with E-state index in [0.29, 0.717) is 6.29 Å². The third kappa shape index (κ3) is 2.62. The van der Waals surface area contributed by atoms with Crippen LogP contribution in [0.3, 0.4) is 0 Å². The maximum absolute atomic E-state index is 4.83. The molecule has 0 rings (SSSR count). The molecule has 0 saturated heterocycles. The van der Waals surface area contributed by atoms with Gasteiger partial charge in [-0.1, -0.05) is 0 Å². The summed E-state index contributed by atoms with van der Waals surface area (Å²) in [7, 11) is 5.99. The van der Waals surface area contributed by atoms with Crippen LogP contribution < -0.4 is 0 Å². The van der Waals surface area contributed by atoms with E-state index in [-0.39, 0.29) is 0 Å². The van der Waals surface area contributed by atoms with E-state index in [1.807, 2.05) is 0 Å². The van der Waals surface area contributed by atoms with Gasteiger partial charge in [0.05, 0.1) is 0 Å². The molecule has 4 nitrogen and oxygen atoms in total. The number of rotatable bonds is 5. The monoisotopic (exact) mass is 149 g/mol. The molecule has 0 aromatic heterocycles. The van der Waals surface area contributed by atoms with Gasteiger partial charge in [0.25, 0.3) is 6.29 Å². The van der Waals surface area contributed by atoms with Gasteiger partial charge in [-0.3, -0.25) is 0 Å². The van der Waals surface area contributed by atoms with Crippen molar-refractivity contribution in [2.45, 2.75) is 6.29 Å². The van der Waals surface area contributed by atoms with Gasteiger partial charge < -0.3 is 18.9 Å². The number of hydrogen-bond acceptors (Lipinski definition) is 4. The molecule has 0 spiro atoms. The van der Waals surface area contributed by atoms with Crippen LogP contribution in [0.15, 0.2) is 0 Å². The summed E-state index contributed by atoms with van der Waals surface area (Å²) in [6.07, 6.45) is -0.236. The van der Waals surface area contributed by atoms with Crippen LogP contribution in [-0.4, -0.2) is 34.7 Å². The van der Waals surface area contributed by atoms with Crippen LogP contribution in [0.2, 0.25) is 0 Å². The van der Waals surface area contributed by atoms with E-state index in [2.05, 4.69) is 0 Å². The van der Waals surface area contributed by atoms with Gasteiger partial charge in [0, 0.05) is 28.4 Å². The summed E-state index contributed by atoms with van der Waals surface area (Å²) in [6, 6.07) is 0. The van der Waals surface area contributed by atoms with Gasteiger partial charge in [0.15, 0.2) is 0 Å². The van der Waals surface area contributed by atoms with E-state index < -0.39 is 6.29 Å². The molecule has 61 valence electrons. The second-order valence-corrected chi connectivity index (χ2v) is 1.53. The Labute approximate surface area is 61.0 Å². The maximum atomic E-state index is 4.83. The summed E-state index contributed by atoms with van der Waals surface area (Å²) >= 11 is 0. The minimum Gasteiger partial charge on any atom is -0.351 e. The second-order valence-electron chi connectivity index (χ2n) is 1.53. The molecule has 0 aromatic carbocycles. The van der Waals surface area contributed by atoms with Crippen molar-refractivity contribution in [3.8, 4) is 0 Å². The number of methoxy groups -OCH3 is 4. The molecular weight excluding hydrogens is 136 g/mol. The average molecular weight is 149 g/mol. The van der Waals surface area contributed by atoms with E-state index in [1.54, 1.807) is 0 Å². The van der Waals surface area contributed by atoms with Crippen molar-refractivity contribution in [1.82, 2.24) is 0 Å². The minimum absolute atomic E-state index is 0.310. The van der Waals surface area contributed by atoms with Crippen molar-refractivity contribution in [2.24, 2.45) is 0 Å². The predicted molar refractivity (Wildman–Crippen MR) is 35.1 cm³/mol. The van der Waals surface area contributed by atoms with Gasteiger partial charge in [-0.05, 0) is 0 Å². The van der Waals surface area contributed by atoms with Gasteiger partial charge in [-0.2, -0.15) is 0 Å². The van der Waals surface area contributed by atoms with E-state index in [0.717, 1.165) is 0 Å². The van der Waals surface area contributed by atoms with Crippen LogP contribution in [0.5, 0.6) is 0 Å². The Morgan fingerprint density at radius 2 is 1.30 bits per heavy atom. The van der Waals surface area contributed by atoms with Crippen LogP contribution in [0.4, 0.5) is 0 Å². The molecule has 0 N–H and O–H groups in total. The lowest BCUT2D eigenvalue weighted by atomic mass is 10.6. The summed E-state index contributed by atoms with van der Waals surface area (Å²) in [5.74, 6) is 0. The number of ether oxygens (including phenoxy) is 4.